The van der Waals surface area contributed by atoms with Crippen LogP contribution in [0, 0.1) is 27.7 Å². The Labute approximate surface area is 137 Å². The summed E-state index contributed by atoms with van der Waals surface area (Å²) < 4.78 is 2.42. The molecule has 3 aromatic carbocycles. The maximum atomic E-state index is 2.42. The quantitative estimate of drug-likeness (QED) is 0.405. The summed E-state index contributed by atoms with van der Waals surface area (Å²) in [6.45, 7) is 8.74. The lowest BCUT2D eigenvalue weighted by atomic mass is 10.1. The standard InChI is InChI=1S/C22H21N/c1-14-9-10-20(16(3)11-14)23-21-8-6-5-7-18(21)19-13-15(2)12-17(4)22(19)23/h5-13H,1-4H3. The van der Waals surface area contributed by atoms with Crippen LogP contribution < -0.4 is 0 Å². The molecule has 0 saturated heterocycles. The summed E-state index contributed by atoms with van der Waals surface area (Å²) in [5.74, 6) is 0. The van der Waals surface area contributed by atoms with Crippen molar-refractivity contribution >= 4 is 21.8 Å². The van der Waals surface area contributed by atoms with Crippen LogP contribution in [-0.2, 0) is 0 Å². The van der Waals surface area contributed by atoms with E-state index < -0.39 is 0 Å². The fraction of sp³-hybridized carbons (Fsp3) is 0.182. The molecule has 0 bridgehead atoms. The maximum Gasteiger partial charge on any atom is 0.0570 e. The molecule has 0 atom stereocenters. The molecule has 114 valence electrons. The number of rotatable bonds is 1. The number of nitrogens with zero attached hydrogens (tertiary/aromatic N) is 1. The Balaban J connectivity index is 2.24. The zero-order chi connectivity index (χ0) is 16.1. The van der Waals surface area contributed by atoms with Gasteiger partial charge in [-0.25, -0.2) is 0 Å². The lowest BCUT2D eigenvalue weighted by molar-refractivity contribution is 1.13. The van der Waals surface area contributed by atoms with Crippen LogP contribution in [0.4, 0.5) is 0 Å². The first-order valence-corrected chi connectivity index (χ1v) is 8.14. The van der Waals surface area contributed by atoms with E-state index in [1.165, 1.54) is 49.7 Å². The van der Waals surface area contributed by atoms with Gasteiger partial charge >= 0.3 is 0 Å². The Morgan fingerprint density at radius 3 is 2.17 bits per heavy atom. The topological polar surface area (TPSA) is 4.93 Å². The van der Waals surface area contributed by atoms with Crippen molar-refractivity contribution in [2.45, 2.75) is 27.7 Å². The molecule has 1 heterocycles. The minimum absolute atomic E-state index is 1.27. The molecular weight excluding hydrogens is 278 g/mol. The van der Waals surface area contributed by atoms with E-state index in [2.05, 4.69) is 86.9 Å². The van der Waals surface area contributed by atoms with E-state index in [-0.39, 0.29) is 0 Å². The van der Waals surface area contributed by atoms with Gasteiger partial charge in [-0.1, -0.05) is 47.5 Å². The van der Waals surface area contributed by atoms with Gasteiger partial charge in [0, 0.05) is 16.5 Å². The Bertz CT molecular complexity index is 1050. The first kappa shape index (κ1) is 14.1. The second-order valence-corrected chi connectivity index (χ2v) is 6.62. The van der Waals surface area contributed by atoms with Crippen LogP contribution >= 0.6 is 0 Å². The molecule has 0 fully saturated rings. The number of para-hydroxylation sites is 1. The van der Waals surface area contributed by atoms with Crippen LogP contribution in [-0.4, -0.2) is 4.57 Å². The second kappa shape index (κ2) is 4.99. The highest BCUT2D eigenvalue weighted by molar-refractivity contribution is 6.10. The van der Waals surface area contributed by atoms with E-state index in [9.17, 15) is 0 Å². The largest absolute Gasteiger partial charge is 0.309 e. The third-order valence-electron chi connectivity index (χ3n) is 4.70. The summed E-state index contributed by atoms with van der Waals surface area (Å²) in [6.07, 6.45) is 0. The van der Waals surface area contributed by atoms with E-state index in [1.54, 1.807) is 0 Å². The molecule has 4 aromatic rings. The summed E-state index contributed by atoms with van der Waals surface area (Å²) in [5, 5.41) is 2.67. The molecule has 1 aromatic heterocycles. The van der Waals surface area contributed by atoms with E-state index in [0.717, 1.165) is 0 Å². The number of aromatic nitrogens is 1. The van der Waals surface area contributed by atoms with Crippen molar-refractivity contribution in [2.24, 2.45) is 0 Å². The van der Waals surface area contributed by atoms with E-state index in [1.807, 2.05) is 0 Å². The van der Waals surface area contributed by atoms with Crippen molar-refractivity contribution in [1.82, 2.24) is 4.57 Å². The lowest BCUT2D eigenvalue weighted by Gasteiger charge is -2.13. The van der Waals surface area contributed by atoms with Gasteiger partial charge in [-0.3, -0.25) is 0 Å². The third-order valence-corrected chi connectivity index (χ3v) is 4.70. The maximum absolute atomic E-state index is 2.42. The van der Waals surface area contributed by atoms with Crippen LogP contribution in [0.2, 0.25) is 0 Å². The smallest absolute Gasteiger partial charge is 0.0570 e. The minimum Gasteiger partial charge on any atom is -0.309 e. The van der Waals surface area contributed by atoms with E-state index >= 15 is 0 Å². The molecule has 0 unspecified atom stereocenters. The van der Waals surface area contributed by atoms with Gasteiger partial charge in [0.2, 0.25) is 0 Å². The number of hydrogen-bond donors (Lipinski definition) is 0. The molecule has 0 saturated carbocycles. The second-order valence-electron chi connectivity index (χ2n) is 6.62. The summed E-state index contributed by atoms with van der Waals surface area (Å²) in [5.41, 5.74) is 9.14. The Kier molecular flexibility index (Phi) is 3.05. The van der Waals surface area contributed by atoms with Crippen LogP contribution in [0.25, 0.3) is 27.5 Å². The predicted molar refractivity (Wildman–Crippen MR) is 99.7 cm³/mol. The molecule has 1 heteroatoms. The number of fused-ring (bicyclic) bond motifs is 3. The van der Waals surface area contributed by atoms with E-state index in [4.69, 9.17) is 0 Å². The summed E-state index contributed by atoms with van der Waals surface area (Å²) in [4.78, 5) is 0. The Hall–Kier alpha value is -2.54. The number of aryl methyl sites for hydroxylation is 4. The normalized spacial score (nSPS) is 11.5. The third kappa shape index (κ3) is 2.08. The molecular formula is C22H21N. The van der Waals surface area contributed by atoms with Crippen molar-refractivity contribution in [3.63, 3.8) is 0 Å². The van der Waals surface area contributed by atoms with Crippen molar-refractivity contribution in [3.8, 4) is 5.69 Å². The van der Waals surface area contributed by atoms with Crippen molar-refractivity contribution in [2.75, 3.05) is 0 Å². The number of hydrogen-bond acceptors (Lipinski definition) is 0. The molecule has 0 aliphatic carbocycles. The highest BCUT2D eigenvalue weighted by Gasteiger charge is 2.15. The fourth-order valence-corrected chi connectivity index (χ4v) is 3.79. The van der Waals surface area contributed by atoms with Crippen LogP contribution in [0.5, 0.6) is 0 Å². The zero-order valence-electron chi connectivity index (χ0n) is 14.1. The molecule has 0 aliphatic heterocycles. The van der Waals surface area contributed by atoms with Gasteiger partial charge in [-0.05, 0) is 57.0 Å². The number of benzene rings is 3. The summed E-state index contributed by atoms with van der Waals surface area (Å²) in [7, 11) is 0. The highest BCUT2D eigenvalue weighted by atomic mass is 15.0. The van der Waals surface area contributed by atoms with E-state index in [0.29, 0.717) is 0 Å². The van der Waals surface area contributed by atoms with Crippen molar-refractivity contribution < 1.29 is 0 Å². The zero-order valence-corrected chi connectivity index (χ0v) is 14.1. The Morgan fingerprint density at radius 2 is 1.39 bits per heavy atom. The fourth-order valence-electron chi connectivity index (χ4n) is 3.79. The SMILES string of the molecule is Cc1ccc(-n2c3ccccc3c3cc(C)cc(C)c32)c(C)c1. The molecule has 4 rings (SSSR count). The first-order valence-electron chi connectivity index (χ1n) is 8.14. The van der Waals surface area contributed by atoms with Gasteiger partial charge in [0.05, 0.1) is 11.0 Å². The molecule has 0 spiro atoms. The van der Waals surface area contributed by atoms with Gasteiger partial charge in [0.15, 0.2) is 0 Å². The van der Waals surface area contributed by atoms with Gasteiger partial charge < -0.3 is 4.57 Å². The average molecular weight is 299 g/mol. The van der Waals surface area contributed by atoms with Gasteiger partial charge in [0.25, 0.3) is 0 Å². The Morgan fingerprint density at radius 1 is 0.652 bits per heavy atom. The van der Waals surface area contributed by atoms with Crippen LogP contribution in [0.3, 0.4) is 0 Å². The minimum atomic E-state index is 1.27. The molecule has 0 radical (unpaired) electrons. The van der Waals surface area contributed by atoms with Crippen LogP contribution in [0.1, 0.15) is 22.3 Å². The molecule has 0 amide bonds. The van der Waals surface area contributed by atoms with Gasteiger partial charge in [0.1, 0.15) is 0 Å². The summed E-state index contributed by atoms with van der Waals surface area (Å²) >= 11 is 0. The lowest BCUT2D eigenvalue weighted by Crippen LogP contribution is -1.98. The average Bonchev–Trinajstić information content (AvgIpc) is 2.82. The van der Waals surface area contributed by atoms with Crippen LogP contribution in [0.15, 0.2) is 54.6 Å². The van der Waals surface area contributed by atoms with Crippen molar-refractivity contribution in [1.29, 1.82) is 0 Å². The predicted octanol–water partition coefficient (Wildman–Crippen LogP) is 6.02. The first-order chi connectivity index (χ1) is 11.1. The molecule has 1 nitrogen and oxygen atoms in total. The highest BCUT2D eigenvalue weighted by Crippen LogP contribution is 2.35. The van der Waals surface area contributed by atoms with Crippen molar-refractivity contribution in [3.05, 3.63) is 76.9 Å². The summed E-state index contributed by atoms with van der Waals surface area (Å²) in [6, 6.07) is 20.0. The van der Waals surface area contributed by atoms with Gasteiger partial charge in [-0.2, -0.15) is 0 Å². The molecule has 23 heavy (non-hydrogen) atoms. The van der Waals surface area contributed by atoms with Gasteiger partial charge in [-0.15, -0.1) is 0 Å². The molecule has 0 aliphatic rings. The molecule has 0 N–H and O–H groups in total. The monoisotopic (exact) mass is 299 g/mol.